The molecular weight excluding hydrogens is 401 g/mol. The Morgan fingerprint density at radius 3 is 2.71 bits per heavy atom. The zero-order valence-corrected chi connectivity index (χ0v) is 17.3. The van der Waals surface area contributed by atoms with Gasteiger partial charge in [0.05, 0.1) is 0 Å². The van der Waals surface area contributed by atoms with E-state index in [2.05, 4.69) is 60.4 Å². The van der Waals surface area contributed by atoms with Gasteiger partial charge in [-0.05, 0) is 0 Å². The standard InChI is InChI=1S/C19H25NOS2Se/c1-2-9-20-13-15(14-24-16-7-4-3-5-8-16)17(19(20)21)12-18-22-10-6-11-23-18/h2-5,7-8,15,17-18H,1,6,9-14H2. The van der Waals surface area contributed by atoms with Gasteiger partial charge in [-0.3, -0.25) is 0 Å². The molecule has 2 nitrogen and oxygen atoms in total. The Kier molecular flexibility index (Phi) is 7.20. The summed E-state index contributed by atoms with van der Waals surface area (Å²) in [7, 11) is 0. The number of carbonyl (C=O) groups excluding carboxylic acids is 1. The van der Waals surface area contributed by atoms with Gasteiger partial charge in [0, 0.05) is 0 Å². The number of hydrogen-bond donors (Lipinski definition) is 0. The van der Waals surface area contributed by atoms with Crippen LogP contribution in [-0.4, -0.2) is 54.9 Å². The van der Waals surface area contributed by atoms with Crippen molar-refractivity contribution in [2.24, 2.45) is 11.8 Å². The Balaban J connectivity index is 1.63. The normalized spacial score (nSPS) is 25.2. The van der Waals surface area contributed by atoms with Gasteiger partial charge in [0.1, 0.15) is 0 Å². The zero-order valence-electron chi connectivity index (χ0n) is 13.9. The van der Waals surface area contributed by atoms with E-state index in [1.165, 1.54) is 27.7 Å². The Morgan fingerprint density at radius 1 is 1.25 bits per heavy atom. The van der Waals surface area contributed by atoms with Crippen molar-refractivity contribution in [3.63, 3.8) is 0 Å². The van der Waals surface area contributed by atoms with Gasteiger partial charge < -0.3 is 0 Å². The summed E-state index contributed by atoms with van der Waals surface area (Å²) in [5.74, 6) is 3.62. The third-order valence-electron chi connectivity index (χ3n) is 4.55. The molecule has 0 N–H and O–H groups in total. The van der Waals surface area contributed by atoms with Crippen molar-refractivity contribution in [2.45, 2.75) is 22.7 Å². The molecule has 2 aliphatic rings. The second-order valence-corrected chi connectivity index (χ2v) is 11.5. The molecule has 0 radical (unpaired) electrons. The van der Waals surface area contributed by atoms with E-state index in [9.17, 15) is 4.79 Å². The molecule has 130 valence electrons. The molecule has 2 aliphatic heterocycles. The average Bonchev–Trinajstić information content (AvgIpc) is 2.91. The summed E-state index contributed by atoms with van der Waals surface area (Å²) < 4.78 is 2.06. The van der Waals surface area contributed by atoms with Gasteiger partial charge in [0.15, 0.2) is 0 Å². The van der Waals surface area contributed by atoms with Gasteiger partial charge in [-0.15, -0.1) is 0 Å². The van der Waals surface area contributed by atoms with E-state index in [0.717, 1.165) is 13.0 Å². The molecule has 3 rings (SSSR count). The van der Waals surface area contributed by atoms with Crippen LogP contribution in [-0.2, 0) is 4.79 Å². The number of thioether (sulfide) groups is 2. The van der Waals surface area contributed by atoms with E-state index < -0.39 is 0 Å². The summed E-state index contributed by atoms with van der Waals surface area (Å²) in [6, 6.07) is 10.8. The van der Waals surface area contributed by atoms with Crippen molar-refractivity contribution in [1.29, 1.82) is 0 Å². The topological polar surface area (TPSA) is 20.3 Å². The van der Waals surface area contributed by atoms with Gasteiger partial charge >= 0.3 is 161 Å². The predicted molar refractivity (Wildman–Crippen MR) is 108 cm³/mol. The number of hydrogen-bond acceptors (Lipinski definition) is 3. The van der Waals surface area contributed by atoms with Crippen molar-refractivity contribution in [2.75, 3.05) is 24.6 Å². The summed E-state index contributed by atoms with van der Waals surface area (Å²) in [5, 5.41) is 1.17. The first-order chi connectivity index (χ1) is 11.8. The molecule has 2 unspecified atom stereocenters. The van der Waals surface area contributed by atoms with Crippen LogP contribution in [0.4, 0.5) is 0 Å². The molecule has 2 saturated heterocycles. The Bertz CT molecular complexity index is 548. The number of carbonyl (C=O) groups is 1. The van der Waals surface area contributed by atoms with Gasteiger partial charge in [0.25, 0.3) is 0 Å². The molecule has 1 amide bonds. The molecule has 0 aliphatic carbocycles. The number of benzene rings is 1. The monoisotopic (exact) mass is 427 g/mol. The molecule has 1 aromatic carbocycles. The van der Waals surface area contributed by atoms with Crippen LogP contribution in [0.25, 0.3) is 0 Å². The first-order valence-corrected chi connectivity index (χ1v) is 12.7. The number of likely N-dealkylation sites (tertiary alicyclic amines) is 1. The molecular formula is C19H25NOS2Se. The Labute approximate surface area is 160 Å². The van der Waals surface area contributed by atoms with E-state index >= 15 is 0 Å². The molecule has 0 saturated carbocycles. The summed E-state index contributed by atoms with van der Waals surface area (Å²) in [4.78, 5) is 14.9. The van der Waals surface area contributed by atoms with Crippen LogP contribution in [0.15, 0.2) is 43.0 Å². The minimum absolute atomic E-state index is 0.221. The molecule has 2 heterocycles. The van der Waals surface area contributed by atoms with Crippen LogP contribution in [0.3, 0.4) is 0 Å². The van der Waals surface area contributed by atoms with Crippen LogP contribution in [0, 0.1) is 11.8 Å². The third kappa shape index (κ3) is 4.85. The van der Waals surface area contributed by atoms with Crippen molar-refractivity contribution in [3.8, 4) is 0 Å². The zero-order chi connectivity index (χ0) is 16.8. The van der Waals surface area contributed by atoms with Crippen LogP contribution >= 0.6 is 23.5 Å². The van der Waals surface area contributed by atoms with Gasteiger partial charge in [-0.2, -0.15) is 0 Å². The molecule has 0 aromatic heterocycles. The molecule has 24 heavy (non-hydrogen) atoms. The van der Waals surface area contributed by atoms with Crippen LogP contribution in [0.5, 0.6) is 0 Å². The maximum absolute atomic E-state index is 12.9. The fraction of sp³-hybridized carbons (Fsp3) is 0.526. The first-order valence-electron chi connectivity index (χ1n) is 8.58. The van der Waals surface area contributed by atoms with Gasteiger partial charge in [-0.1, -0.05) is 0 Å². The first kappa shape index (κ1) is 18.4. The molecule has 2 fully saturated rings. The molecule has 2 atom stereocenters. The van der Waals surface area contributed by atoms with E-state index in [-0.39, 0.29) is 5.92 Å². The maximum atomic E-state index is 12.9. The van der Waals surface area contributed by atoms with Crippen molar-refractivity contribution in [1.82, 2.24) is 4.90 Å². The third-order valence-corrected chi connectivity index (χ3v) is 10.1. The SMILES string of the molecule is C=CCN1CC(C[Se]c2ccccc2)C(CC2SCCCS2)C1=O. The van der Waals surface area contributed by atoms with Crippen LogP contribution < -0.4 is 4.46 Å². The predicted octanol–water partition coefficient (Wildman–Crippen LogP) is 3.28. The molecule has 1 aromatic rings. The van der Waals surface area contributed by atoms with Gasteiger partial charge in [0.2, 0.25) is 0 Å². The minimum atomic E-state index is 0.221. The van der Waals surface area contributed by atoms with E-state index in [1.54, 1.807) is 0 Å². The summed E-state index contributed by atoms with van der Waals surface area (Å²) in [6.45, 7) is 5.45. The fourth-order valence-electron chi connectivity index (χ4n) is 3.32. The van der Waals surface area contributed by atoms with E-state index in [0.29, 0.717) is 37.9 Å². The molecule has 0 spiro atoms. The number of amides is 1. The Hall–Kier alpha value is -0.351. The van der Waals surface area contributed by atoms with Crippen LogP contribution in [0.2, 0.25) is 5.32 Å². The van der Waals surface area contributed by atoms with Crippen molar-refractivity contribution < 1.29 is 4.79 Å². The van der Waals surface area contributed by atoms with Crippen molar-refractivity contribution in [3.05, 3.63) is 43.0 Å². The summed E-state index contributed by atoms with van der Waals surface area (Å²) >= 11 is 4.58. The van der Waals surface area contributed by atoms with Crippen LogP contribution in [0.1, 0.15) is 12.8 Å². The summed E-state index contributed by atoms with van der Waals surface area (Å²) in [6.07, 6.45) is 4.23. The average molecular weight is 427 g/mol. The van der Waals surface area contributed by atoms with E-state index in [4.69, 9.17) is 0 Å². The van der Waals surface area contributed by atoms with Crippen molar-refractivity contribution >= 4 is 48.8 Å². The van der Waals surface area contributed by atoms with Gasteiger partial charge in [-0.25, -0.2) is 0 Å². The molecule has 5 heteroatoms. The quantitative estimate of drug-likeness (QED) is 0.493. The number of rotatable bonds is 7. The van der Waals surface area contributed by atoms with E-state index in [1.807, 2.05) is 11.0 Å². The second kappa shape index (κ2) is 9.38. The second-order valence-electron chi connectivity index (χ2n) is 6.28. The Morgan fingerprint density at radius 2 is 2.00 bits per heavy atom. The summed E-state index contributed by atoms with van der Waals surface area (Å²) in [5.41, 5.74) is 0. The molecule has 0 bridgehead atoms. The number of nitrogens with zero attached hydrogens (tertiary/aromatic N) is 1. The fourth-order valence-corrected chi connectivity index (χ4v) is 8.59.